The van der Waals surface area contributed by atoms with Crippen molar-refractivity contribution >= 4 is 34.1 Å². The maximum absolute atomic E-state index is 13.2. The van der Waals surface area contributed by atoms with E-state index in [9.17, 15) is 9.59 Å². The first-order valence-electron chi connectivity index (χ1n) is 11.1. The van der Waals surface area contributed by atoms with Crippen LogP contribution in [0.15, 0.2) is 58.5 Å². The number of likely N-dealkylation sites (tertiary alicyclic amines) is 1. The zero-order valence-electron chi connectivity index (χ0n) is 18.7. The van der Waals surface area contributed by atoms with Gasteiger partial charge in [-0.2, -0.15) is 0 Å². The molecule has 9 heteroatoms. The van der Waals surface area contributed by atoms with E-state index in [-0.39, 0.29) is 17.7 Å². The number of furan rings is 1. The fraction of sp³-hybridized carbons (Fsp3) is 0.280. The summed E-state index contributed by atoms with van der Waals surface area (Å²) in [6.07, 6.45) is 3.15. The number of pyridine rings is 1. The Bertz CT molecular complexity index is 1310. The van der Waals surface area contributed by atoms with Gasteiger partial charge in [-0.25, -0.2) is 9.97 Å². The molecule has 0 aliphatic carbocycles. The number of piperidine rings is 1. The van der Waals surface area contributed by atoms with Crippen molar-refractivity contribution in [1.29, 1.82) is 0 Å². The average molecular weight is 477 g/mol. The molecule has 5 rings (SSSR count). The molecule has 0 bridgehead atoms. The third kappa shape index (κ3) is 4.51. The van der Waals surface area contributed by atoms with E-state index in [1.54, 1.807) is 30.9 Å². The SMILES string of the molecule is COc1cc(C(=O)N2CCC(c3nc(C(=O)NCc4ccco4)cs3)CC2)nc2ccccc12. The summed E-state index contributed by atoms with van der Waals surface area (Å²) in [5.41, 5.74) is 1.54. The van der Waals surface area contributed by atoms with Crippen LogP contribution < -0.4 is 10.1 Å². The number of methoxy groups -OCH3 is 1. The molecule has 1 saturated heterocycles. The number of fused-ring (bicyclic) bond motifs is 1. The average Bonchev–Trinajstić information content (AvgIpc) is 3.59. The van der Waals surface area contributed by atoms with Crippen molar-refractivity contribution in [3.63, 3.8) is 0 Å². The smallest absolute Gasteiger partial charge is 0.272 e. The zero-order chi connectivity index (χ0) is 23.5. The first kappa shape index (κ1) is 22.1. The van der Waals surface area contributed by atoms with Crippen molar-refractivity contribution in [2.24, 2.45) is 0 Å². The first-order chi connectivity index (χ1) is 16.6. The molecule has 0 saturated carbocycles. The standard InChI is InChI=1S/C25H24N4O4S/c1-32-22-13-20(27-19-7-3-2-6-18(19)22)25(31)29-10-8-16(9-11-29)24-28-21(15-34-24)23(30)26-14-17-5-4-12-33-17/h2-7,12-13,15-16H,8-11,14H2,1H3,(H,26,30). The van der Waals surface area contributed by atoms with Crippen LogP contribution in [0.25, 0.3) is 10.9 Å². The minimum absolute atomic E-state index is 0.0976. The van der Waals surface area contributed by atoms with Gasteiger partial charge in [0.2, 0.25) is 0 Å². The van der Waals surface area contributed by atoms with Crippen LogP contribution in [0, 0.1) is 0 Å². The van der Waals surface area contributed by atoms with Crippen molar-refractivity contribution in [1.82, 2.24) is 20.2 Å². The van der Waals surface area contributed by atoms with Gasteiger partial charge in [-0.15, -0.1) is 11.3 Å². The summed E-state index contributed by atoms with van der Waals surface area (Å²) in [4.78, 5) is 36.5. The lowest BCUT2D eigenvalue weighted by Gasteiger charge is -2.31. The number of hydrogen-bond donors (Lipinski definition) is 1. The van der Waals surface area contributed by atoms with Gasteiger partial charge in [0.15, 0.2) is 0 Å². The highest BCUT2D eigenvalue weighted by Crippen LogP contribution is 2.32. The van der Waals surface area contributed by atoms with Crippen LogP contribution in [0.3, 0.4) is 0 Å². The molecule has 4 aromatic rings. The van der Waals surface area contributed by atoms with E-state index in [0.29, 0.717) is 42.5 Å². The predicted molar refractivity (Wildman–Crippen MR) is 128 cm³/mol. The van der Waals surface area contributed by atoms with E-state index in [0.717, 1.165) is 28.8 Å². The molecule has 0 unspecified atom stereocenters. The lowest BCUT2D eigenvalue weighted by atomic mass is 9.97. The van der Waals surface area contributed by atoms with Gasteiger partial charge in [0.05, 0.1) is 30.4 Å². The monoisotopic (exact) mass is 476 g/mol. The molecule has 1 aliphatic rings. The second-order valence-corrected chi connectivity index (χ2v) is 9.02. The van der Waals surface area contributed by atoms with Crippen LogP contribution in [-0.2, 0) is 6.54 Å². The summed E-state index contributed by atoms with van der Waals surface area (Å²) in [5, 5.41) is 6.42. The molecule has 1 fully saturated rings. The number of hydrogen-bond acceptors (Lipinski definition) is 7. The molecule has 1 N–H and O–H groups in total. The van der Waals surface area contributed by atoms with Crippen molar-refractivity contribution in [2.45, 2.75) is 25.3 Å². The highest BCUT2D eigenvalue weighted by Gasteiger charge is 2.28. The molecule has 2 amide bonds. The second kappa shape index (κ2) is 9.64. The van der Waals surface area contributed by atoms with Crippen LogP contribution in [0.1, 0.15) is 50.5 Å². The third-order valence-corrected chi connectivity index (χ3v) is 7.01. The number of ether oxygens (including phenoxy) is 1. The first-order valence-corrected chi connectivity index (χ1v) is 12.0. The van der Waals surface area contributed by atoms with Gasteiger partial charge in [0.25, 0.3) is 11.8 Å². The summed E-state index contributed by atoms with van der Waals surface area (Å²) in [6.45, 7) is 1.55. The molecule has 0 spiro atoms. The Labute approximate surface area is 200 Å². The number of carbonyl (C=O) groups excluding carboxylic acids is 2. The van der Waals surface area contributed by atoms with Crippen LogP contribution >= 0.6 is 11.3 Å². The number of rotatable bonds is 6. The number of nitrogens with zero attached hydrogens (tertiary/aromatic N) is 3. The fourth-order valence-electron chi connectivity index (χ4n) is 4.16. The molecule has 1 aliphatic heterocycles. The normalized spacial score (nSPS) is 14.3. The Morgan fingerprint density at radius 1 is 1.15 bits per heavy atom. The molecule has 0 atom stereocenters. The Morgan fingerprint density at radius 3 is 2.74 bits per heavy atom. The fourth-order valence-corrected chi connectivity index (χ4v) is 5.14. The van der Waals surface area contributed by atoms with E-state index in [2.05, 4.69) is 15.3 Å². The van der Waals surface area contributed by atoms with E-state index < -0.39 is 0 Å². The van der Waals surface area contributed by atoms with Crippen molar-refractivity contribution in [3.8, 4) is 5.75 Å². The molecule has 8 nitrogen and oxygen atoms in total. The Morgan fingerprint density at radius 2 is 1.97 bits per heavy atom. The Balaban J connectivity index is 1.21. The summed E-state index contributed by atoms with van der Waals surface area (Å²) in [7, 11) is 1.60. The lowest BCUT2D eigenvalue weighted by molar-refractivity contribution is 0.0707. The van der Waals surface area contributed by atoms with Gasteiger partial charge in [-0.1, -0.05) is 12.1 Å². The van der Waals surface area contributed by atoms with Gasteiger partial charge in [-0.05, 0) is 37.1 Å². The van der Waals surface area contributed by atoms with E-state index >= 15 is 0 Å². The molecular formula is C25H24N4O4S. The van der Waals surface area contributed by atoms with E-state index in [1.807, 2.05) is 35.2 Å². The topological polar surface area (TPSA) is 97.6 Å². The highest BCUT2D eigenvalue weighted by atomic mass is 32.1. The molecule has 4 heterocycles. The number of thiazole rings is 1. The summed E-state index contributed by atoms with van der Waals surface area (Å²) < 4.78 is 10.7. The number of para-hydroxylation sites is 1. The minimum atomic E-state index is -0.220. The van der Waals surface area contributed by atoms with Gasteiger partial charge < -0.3 is 19.4 Å². The van der Waals surface area contributed by atoms with Crippen LogP contribution in [0.4, 0.5) is 0 Å². The van der Waals surface area contributed by atoms with Crippen LogP contribution in [0.5, 0.6) is 5.75 Å². The molecular weight excluding hydrogens is 452 g/mol. The minimum Gasteiger partial charge on any atom is -0.496 e. The Kier molecular flexibility index (Phi) is 6.27. The van der Waals surface area contributed by atoms with Gasteiger partial charge >= 0.3 is 0 Å². The number of aromatic nitrogens is 2. The molecule has 1 aromatic carbocycles. The number of benzene rings is 1. The maximum Gasteiger partial charge on any atom is 0.272 e. The predicted octanol–water partition coefficient (Wildman–Crippen LogP) is 4.24. The number of amides is 2. The zero-order valence-corrected chi connectivity index (χ0v) is 19.5. The van der Waals surface area contributed by atoms with Crippen LogP contribution in [0.2, 0.25) is 0 Å². The molecule has 0 radical (unpaired) electrons. The quantitative estimate of drug-likeness (QED) is 0.447. The number of nitrogens with one attached hydrogen (secondary N) is 1. The number of carbonyl (C=O) groups is 2. The summed E-state index contributed by atoms with van der Waals surface area (Å²) >= 11 is 1.49. The van der Waals surface area contributed by atoms with Gasteiger partial charge in [0, 0.05) is 35.8 Å². The molecule has 3 aromatic heterocycles. The van der Waals surface area contributed by atoms with Crippen LogP contribution in [-0.4, -0.2) is 46.9 Å². The van der Waals surface area contributed by atoms with E-state index in [4.69, 9.17) is 9.15 Å². The maximum atomic E-state index is 13.2. The largest absolute Gasteiger partial charge is 0.496 e. The van der Waals surface area contributed by atoms with Gasteiger partial charge in [0.1, 0.15) is 22.9 Å². The second-order valence-electron chi connectivity index (χ2n) is 8.13. The van der Waals surface area contributed by atoms with Gasteiger partial charge in [-0.3, -0.25) is 9.59 Å². The molecule has 34 heavy (non-hydrogen) atoms. The summed E-state index contributed by atoms with van der Waals surface area (Å²) in [6, 6.07) is 12.9. The third-order valence-electron chi connectivity index (χ3n) is 6.01. The Hall–Kier alpha value is -3.72. The molecule has 174 valence electrons. The van der Waals surface area contributed by atoms with Crippen molar-refractivity contribution < 1.29 is 18.7 Å². The van der Waals surface area contributed by atoms with Crippen molar-refractivity contribution in [2.75, 3.05) is 20.2 Å². The highest BCUT2D eigenvalue weighted by molar-refractivity contribution is 7.09. The summed E-state index contributed by atoms with van der Waals surface area (Å²) in [5.74, 6) is 1.24. The van der Waals surface area contributed by atoms with E-state index in [1.165, 1.54) is 11.3 Å². The lowest BCUT2D eigenvalue weighted by Crippen LogP contribution is -2.38. The van der Waals surface area contributed by atoms with Crippen molar-refractivity contribution in [3.05, 3.63) is 76.3 Å².